The lowest BCUT2D eigenvalue weighted by molar-refractivity contribution is -0.136. The van der Waals surface area contributed by atoms with Crippen LogP contribution in [0.2, 0.25) is 0 Å². The number of nitrogens with one attached hydrogen (secondary N) is 3. The van der Waals surface area contributed by atoms with Gasteiger partial charge in [0.15, 0.2) is 0 Å². The van der Waals surface area contributed by atoms with Gasteiger partial charge in [0.05, 0.1) is 6.42 Å². The van der Waals surface area contributed by atoms with Crippen LogP contribution in [0.4, 0.5) is 0 Å². The molecule has 0 saturated carbocycles. The summed E-state index contributed by atoms with van der Waals surface area (Å²) in [4.78, 5) is 42.3. The van der Waals surface area contributed by atoms with Gasteiger partial charge >= 0.3 is 0 Å². The van der Waals surface area contributed by atoms with Crippen molar-refractivity contribution in [1.82, 2.24) is 15.6 Å². The Bertz CT molecular complexity index is 1230. The number of H-pyrrole nitrogens is 1. The van der Waals surface area contributed by atoms with E-state index in [9.17, 15) is 14.4 Å². The molecule has 0 unspecified atom stereocenters. The molecular weight excluding hydrogens is 428 g/mol. The summed E-state index contributed by atoms with van der Waals surface area (Å²) in [5.74, 6) is -1.37. The van der Waals surface area contributed by atoms with Gasteiger partial charge < -0.3 is 21.4 Å². The Morgan fingerprint density at radius 1 is 1.09 bits per heavy atom. The van der Waals surface area contributed by atoms with E-state index < -0.39 is 17.5 Å². The Morgan fingerprint density at radius 2 is 1.79 bits per heavy atom. The fourth-order valence-electron chi connectivity index (χ4n) is 4.81. The monoisotopic (exact) mass is 460 g/mol. The number of hydrogen-bond acceptors (Lipinski definition) is 3. The molecule has 2 aromatic carbocycles. The molecule has 0 bridgehead atoms. The van der Waals surface area contributed by atoms with Crippen molar-refractivity contribution in [2.75, 3.05) is 0 Å². The summed E-state index contributed by atoms with van der Waals surface area (Å²) < 4.78 is 0. The number of nitrogens with two attached hydrogens (primary N) is 1. The summed E-state index contributed by atoms with van der Waals surface area (Å²) in [6.07, 6.45) is 1.52. The number of primary amides is 1. The molecule has 1 heterocycles. The third-order valence-corrected chi connectivity index (χ3v) is 6.74. The highest BCUT2D eigenvalue weighted by Gasteiger charge is 2.45. The summed E-state index contributed by atoms with van der Waals surface area (Å²) in [6.45, 7) is 5.65. The van der Waals surface area contributed by atoms with Gasteiger partial charge in [0.25, 0.3) is 0 Å². The molecule has 178 valence electrons. The Balaban J connectivity index is 1.66. The fourth-order valence-corrected chi connectivity index (χ4v) is 4.81. The van der Waals surface area contributed by atoms with E-state index in [1.165, 1.54) is 0 Å². The van der Waals surface area contributed by atoms with Crippen LogP contribution in [-0.4, -0.2) is 34.3 Å². The van der Waals surface area contributed by atoms with Gasteiger partial charge in [-0.15, -0.1) is 0 Å². The van der Waals surface area contributed by atoms with Crippen LogP contribution in [0.1, 0.15) is 42.7 Å². The molecule has 4 rings (SSSR count). The standard InChI is InChI=1S/C27H32N4O3/c1-16(2)24(25(28)33)30-26(34)27(31-23(32)14-18-10-8-17(3)9-11-18)13-12-22-20(15-27)19-6-4-5-7-21(19)29-22/h4-11,16,24,29H,12-15H2,1-3H3,(H2,28,33)(H,30,34)(H,31,32)/t24-,27-/m0/s1. The van der Waals surface area contributed by atoms with Gasteiger partial charge in [-0.1, -0.05) is 61.9 Å². The molecule has 1 aliphatic carbocycles. The van der Waals surface area contributed by atoms with Crippen LogP contribution in [0, 0.1) is 12.8 Å². The predicted octanol–water partition coefficient (Wildman–Crippen LogP) is 2.69. The average Bonchev–Trinajstić information content (AvgIpc) is 3.16. The maximum Gasteiger partial charge on any atom is 0.246 e. The van der Waals surface area contributed by atoms with E-state index in [-0.39, 0.29) is 24.2 Å². The van der Waals surface area contributed by atoms with Crippen molar-refractivity contribution in [2.45, 2.75) is 58.0 Å². The van der Waals surface area contributed by atoms with Crippen molar-refractivity contribution >= 4 is 28.6 Å². The maximum absolute atomic E-state index is 13.7. The number of rotatable bonds is 7. The average molecular weight is 461 g/mol. The number of para-hydroxylation sites is 1. The van der Waals surface area contributed by atoms with Crippen molar-refractivity contribution < 1.29 is 14.4 Å². The number of carbonyl (C=O) groups is 3. The summed E-state index contributed by atoms with van der Waals surface area (Å²) >= 11 is 0. The Labute approximate surface area is 199 Å². The van der Waals surface area contributed by atoms with E-state index in [0.717, 1.165) is 33.3 Å². The van der Waals surface area contributed by atoms with Crippen LogP contribution >= 0.6 is 0 Å². The number of amides is 3. The molecule has 3 aromatic rings. The first-order valence-corrected chi connectivity index (χ1v) is 11.7. The van der Waals surface area contributed by atoms with Gasteiger partial charge in [-0.2, -0.15) is 0 Å². The van der Waals surface area contributed by atoms with Crippen LogP contribution in [0.15, 0.2) is 48.5 Å². The number of aromatic amines is 1. The van der Waals surface area contributed by atoms with Crippen molar-refractivity contribution in [3.8, 4) is 0 Å². The van der Waals surface area contributed by atoms with E-state index in [4.69, 9.17) is 5.73 Å². The number of carbonyl (C=O) groups excluding carboxylic acids is 3. The van der Waals surface area contributed by atoms with Gasteiger partial charge in [0, 0.05) is 23.0 Å². The zero-order valence-electron chi connectivity index (χ0n) is 19.9. The summed E-state index contributed by atoms with van der Waals surface area (Å²) in [6, 6.07) is 14.9. The molecule has 1 aromatic heterocycles. The van der Waals surface area contributed by atoms with Gasteiger partial charge in [0.1, 0.15) is 11.6 Å². The molecule has 2 atom stereocenters. The maximum atomic E-state index is 13.7. The third kappa shape index (κ3) is 4.69. The van der Waals surface area contributed by atoms with Crippen LogP contribution in [-0.2, 0) is 33.6 Å². The lowest BCUT2D eigenvalue weighted by atomic mass is 9.78. The summed E-state index contributed by atoms with van der Waals surface area (Å²) in [7, 11) is 0. The molecule has 7 heteroatoms. The lowest BCUT2D eigenvalue weighted by Gasteiger charge is -2.38. The predicted molar refractivity (Wildman–Crippen MR) is 132 cm³/mol. The molecular formula is C27H32N4O3. The lowest BCUT2D eigenvalue weighted by Crippen LogP contribution is -2.64. The molecule has 0 saturated heterocycles. The Hall–Kier alpha value is -3.61. The summed E-state index contributed by atoms with van der Waals surface area (Å²) in [5, 5.41) is 6.93. The summed E-state index contributed by atoms with van der Waals surface area (Å²) in [5.41, 5.74) is 9.48. The zero-order chi connectivity index (χ0) is 24.5. The van der Waals surface area contributed by atoms with Crippen LogP contribution in [0.3, 0.4) is 0 Å². The molecule has 0 spiro atoms. The molecule has 5 N–H and O–H groups in total. The minimum Gasteiger partial charge on any atom is -0.368 e. The van der Waals surface area contributed by atoms with Gasteiger partial charge in [-0.05, 0) is 42.9 Å². The molecule has 7 nitrogen and oxygen atoms in total. The topological polar surface area (TPSA) is 117 Å². The Kier molecular flexibility index (Phi) is 6.46. The second kappa shape index (κ2) is 9.33. The highest BCUT2D eigenvalue weighted by atomic mass is 16.2. The molecule has 1 aliphatic rings. The number of hydrogen-bond donors (Lipinski definition) is 4. The first-order chi connectivity index (χ1) is 16.2. The zero-order valence-corrected chi connectivity index (χ0v) is 19.9. The van der Waals surface area contributed by atoms with E-state index in [1.807, 2.05) is 69.3 Å². The van der Waals surface area contributed by atoms with Crippen molar-refractivity contribution in [3.05, 3.63) is 70.9 Å². The first-order valence-electron chi connectivity index (χ1n) is 11.7. The van der Waals surface area contributed by atoms with Crippen LogP contribution in [0.5, 0.6) is 0 Å². The molecule has 3 amide bonds. The van der Waals surface area contributed by atoms with Crippen molar-refractivity contribution in [2.24, 2.45) is 11.7 Å². The van der Waals surface area contributed by atoms with Gasteiger partial charge in [0.2, 0.25) is 17.7 Å². The van der Waals surface area contributed by atoms with Gasteiger partial charge in [-0.3, -0.25) is 14.4 Å². The van der Waals surface area contributed by atoms with Crippen LogP contribution in [0.25, 0.3) is 10.9 Å². The van der Waals surface area contributed by atoms with E-state index in [0.29, 0.717) is 19.3 Å². The Morgan fingerprint density at radius 3 is 2.47 bits per heavy atom. The number of fused-ring (bicyclic) bond motifs is 3. The minimum absolute atomic E-state index is 0.166. The van der Waals surface area contributed by atoms with E-state index >= 15 is 0 Å². The number of benzene rings is 2. The number of aromatic nitrogens is 1. The molecule has 34 heavy (non-hydrogen) atoms. The van der Waals surface area contributed by atoms with Crippen molar-refractivity contribution in [3.63, 3.8) is 0 Å². The fraction of sp³-hybridized carbons (Fsp3) is 0.370. The molecule has 0 fully saturated rings. The first kappa shape index (κ1) is 23.5. The second-order valence-electron chi connectivity index (χ2n) is 9.69. The molecule has 0 aliphatic heterocycles. The smallest absolute Gasteiger partial charge is 0.246 e. The third-order valence-electron chi connectivity index (χ3n) is 6.74. The van der Waals surface area contributed by atoms with Crippen molar-refractivity contribution in [1.29, 1.82) is 0 Å². The highest BCUT2D eigenvalue weighted by molar-refractivity contribution is 5.96. The largest absolute Gasteiger partial charge is 0.368 e. The SMILES string of the molecule is Cc1ccc(CC(=O)N[C@@]2(C(=O)N[C@H](C(N)=O)C(C)C)CCc3[nH]c4ccccc4c3C2)cc1. The van der Waals surface area contributed by atoms with E-state index in [2.05, 4.69) is 15.6 Å². The second-order valence-corrected chi connectivity index (χ2v) is 9.69. The van der Waals surface area contributed by atoms with E-state index in [1.54, 1.807) is 0 Å². The normalized spacial score (nSPS) is 18.4. The minimum atomic E-state index is -1.18. The highest BCUT2D eigenvalue weighted by Crippen LogP contribution is 2.34. The number of aryl methyl sites for hydroxylation is 2. The molecule has 0 radical (unpaired) electrons. The van der Waals surface area contributed by atoms with Crippen LogP contribution < -0.4 is 16.4 Å². The quantitative estimate of drug-likeness (QED) is 0.434. The van der Waals surface area contributed by atoms with Gasteiger partial charge in [-0.25, -0.2) is 0 Å².